The van der Waals surface area contributed by atoms with E-state index in [0.717, 1.165) is 35.2 Å². The van der Waals surface area contributed by atoms with Crippen molar-refractivity contribution in [1.29, 1.82) is 0 Å². The van der Waals surface area contributed by atoms with Crippen molar-refractivity contribution in [3.8, 4) is 0 Å². The van der Waals surface area contributed by atoms with Crippen molar-refractivity contribution in [3.05, 3.63) is 28.2 Å². The van der Waals surface area contributed by atoms with Gasteiger partial charge in [0.25, 0.3) is 0 Å². The fraction of sp³-hybridized carbons (Fsp3) is 0.533. The molecule has 108 valence electrons. The lowest BCUT2D eigenvalue weighted by Gasteiger charge is -2.16. The molecule has 0 saturated carbocycles. The van der Waals surface area contributed by atoms with Gasteiger partial charge in [-0.3, -0.25) is 4.79 Å². The number of likely N-dealkylation sites (tertiary alicyclic amines) is 1. The third-order valence-electron chi connectivity index (χ3n) is 4.04. The first kappa shape index (κ1) is 14.0. The normalized spacial score (nSPS) is 22.1. The lowest BCUT2D eigenvalue weighted by atomic mass is 10.1. The number of halogens is 1. The molecule has 0 radical (unpaired) electrons. The summed E-state index contributed by atoms with van der Waals surface area (Å²) in [4.78, 5) is 14.5. The van der Waals surface area contributed by atoms with Crippen LogP contribution in [-0.4, -0.2) is 37.0 Å². The molecule has 1 amide bonds. The number of nitrogens with zero attached hydrogens (tertiary/aromatic N) is 1. The second-order valence-corrected chi connectivity index (χ2v) is 6.43. The van der Waals surface area contributed by atoms with E-state index < -0.39 is 0 Å². The molecule has 1 aromatic carbocycles. The maximum atomic E-state index is 12.0. The molecular formula is C15H20BrN3O. The van der Waals surface area contributed by atoms with Crippen LogP contribution in [0.15, 0.2) is 22.7 Å². The fourth-order valence-electron chi connectivity index (χ4n) is 2.99. The molecule has 2 aliphatic heterocycles. The number of amides is 1. The Morgan fingerprint density at radius 2 is 2.15 bits per heavy atom. The smallest absolute Gasteiger partial charge is 0.246 e. The van der Waals surface area contributed by atoms with E-state index in [0.29, 0.717) is 0 Å². The van der Waals surface area contributed by atoms with E-state index in [4.69, 9.17) is 0 Å². The maximum absolute atomic E-state index is 12.0. The van der Waals surface area contributed by atoms with Gasteiger partial charge in [-0.05, 0) is 63.6 Å². The number of fused-ring (bicyclic) bond motifs is 1. The average Bonchev–Trinajstić information content (AvgIpc) is 3.03. The summed E-state index contributed by atoms with van der Waals surface area (Å²) in [5.74, 6) is 0.0549. The van der Waals surface area contributed by atoms with Gasteiger partial charge < -0.3 is 15.5 Å². The van der Waals surface area contributed by atoms with Gasteiger partial charge in [-0.2, -0.15) is 0 Å². The summed E-state index contributed by atoms with van der Waals surface area (Å²) in [5.41, 5.74) is 1.97. The Bertz CT molecular complexity index is 500. The van der Waals surface area contributed by atoms with Crippen LogP contribution in [0, 0.1) is 0 Å². The number of rotatable bonds is 5. The summed E-state index contributed by atoms with van der Waals surface area (Å²) in [7, 11) is 0. The van der Waals surface area contributed by atoms with Gasteiger partial charge in [0.2, 0.25) is 5.91 Å². The second kappa shape index (κ2) is 6.24. The van der Waals surface area contributed by atoms with Crippen LogP contribution < -0.4 is 10.6 Å². The number of carbonyl (C=O) groups excluding carboxylic acids is 1. The number of carbonyl (C=O) groups is 1. The average molecular weight is 338 g/mol. The van der Waals surface area contributed by atoms with E-state index in [-0.39, 0.29) is 11.9 Å². The first-order valence-corrected chi connectivity index (χ1v) is 8.09. The summed E-state index contributed by atoms with van der Waals surface area (Å²) in [6, 6.07) is 5.71. The molecule has 1 atom stereocenters. The van der Waals surface area contributed by atoms with Crippen LogP contribution in [0.4, 0.5) is 5.69 Å². The lowest BCUT2D eigenvalue weighted by Crippen LogP contribution is -2.30. The zero-order valence-electron chi connectivity index (χ0n) is 11.5. The van der Waals surface area contributed by atoms with Gasteiger partial charge >= 0.3 is 0 Å². The summed E-state index contributed by atoms with van der Waals surface area (Å²) in [6.07, 6.45) is 3.76. The predicted molar refractivity (Wildman–Crippen MR) is 83.8 cm³/mol. The van der Waals surface area contributed by atoms with Crippen LogP contribution >= 0.6 is 15.9 Å². The van der Waals surface area contributed by atoms with Crippen molar-refractivity contribution in [2.24, 2.45) is 0 Å². The summed E-state index contributed by atoms with van der Waals surface area (Å²) in [6.45, 7) is 4.48. The van der Waals surface area contributed by atoms with Crippen molar-refractivity contribution in [1.82, 2.24) is 10.2 Å². The van der Waals surface area contributed by atoms with Crippen LogP contribution in [0.5, 0.6) is 0 Å². The molecule has 1 saturated heterocycles. The van der Waals surface area contributed by atoms with Gasteiger partial charge in [0.05, 0.1) is 0 Å². The van der Waals surface area contributed by atoms with E-state index in [9.17, 15) is 4.79 Å². The standard InChI is InChI=1S/C15H20BrN3O/c16-11-4-5-13-12(10-11)14(15(20)18-13)17-6-3-9-19-7-1-2-8-19/h4-5,10,14,17H,1-3,6-9H2,(H,18,20). The van der Waals surface area contributed by atoms with E-state index in [1.54, 1.807) is 0 Å². The molecule has 5 heteroatoms. The van der Waals surface area contributed by atoms with Crippen molar-refractivity contribution >= 4 is 27.5 Å². The van der Waals surface area contributed by atoms with Gasteiger partial charge in [-0.25, -0.2) is 0 Å². The van der Waals surface area contributed by atoms with Gasteiger partial charge in [0.1, 0.15) is 6.04 Å². The molecule has 2 N–H and O–H groups in total. The van der Waals surface area contributed by atoms with Gasteiger partial charge in [0, 0.05) is 15.7 Å². The number of benzene rings is 1. The Morgan fingerprint density at radius 1 is 1.35 bits per heavy atom. The summed E-state index contributed by atoms with van der Waals surface area (Å²) in [5, 5.41) is 6.30. The van der Waals surface area contributed by atoms with Crippen molar-refractivity contribution < 1.29 is 4.79 Å². The Morgan fingerprint density at radius 3 is 2.95 bits per heavy atom. The topological polar surface area (TPSA) is 44.4 Å². The molecule has 0 aromatic heterocycles. The van der Waals surface area contributed by atoms with E-state index >= 15 is 0 Å². The van der Waals surface area contributed by atoms with Gasteiger partial charge in [-0.15, -0.1) is 0 Å². The highest BCUT2D eigenvalue weighted by molar-refractivity contribution is 9.10. The van der Waals surface area contributed by atoms with Crippen molar-refractivity contribution in [2.45, 2.75) is 25.3 Å². The van der Waals surface area contributed by atoms with Gasteiger partial charge in [-0.1, -0.05) is 15.9 Å². The maximum Gasteiger partial charge on any atom is 0.246 e. The molecule has 3 rings (SSSR count). The van der Waals surface area contributed by atoms with Crippen molar-refractivity contribution in [2.75, 3.05) is 31.5 Å². The molecule has 1 fully saturated rings. The minimum Gasteiger partial charge on any atom is -0.324 e. The third kappa shape index (κ3) is 3.05. The molecule has 1 aromatic rings. The number of hydrogen-bond donors (Lipinski definition) is 2. The number of nitrogens with one attached hydrogen (secondary N) is 2. The minimum absolute atomic E-state index is 0.0549. The van der Waals surface area contributed by atoms with Crippen LogP contribution in [0.2, 0.25) is 0 Å². The number of hydrogen-bond acceptors (Lipinski definition) is 3. The SMILES string of the molecule is O=C1Nc2ccc(Br)cc2C1NCCCN1CCCC1. The zero-order valence-corrected chi connectivity index (χ0v) is 13.1. The van der Waals surface area contributed by atoms with Gasteiger partial charge in [0.15, 0.2) is 0 Å². The molecular weight excluding hydrogens is 318 g/mol. The first-order chi connectivity index (χ1) is 9.74. The molecule has 4 nitrogen and oxygen atoms in total. The van der Waals surface area contributed by atoms with E-state index in [1.165, 1.54) is 25.9 Å². The Kier molecular flexibility index (Phi) is 4.38. The molecule has 2 aliphatic rings. The quantitative estimate of drug-likeness (QED) is 0.811. The highest BCUT2D eigenvalue weighted by Crippen LogP contribution is 2.32. The Labute approximate surface area is 128 Å². The fourth-order valence-corrected chi connectivity index (χ4v) is 3.37. The largest absolute Gasteiger partial charge is 0.324 e. The van der Waals surface area contributed by atoms with Crippen LogP contribution in [0.3, 0.4) is 0 Å². The Balaban J connectivity index is 1.52. The van der Waals surface area contributed by atoms with Crippen LogP contribution in [-0.2, 0) is 4.79 Å². The van der Waals surface area contributed by atoms with E-state index in [1.807, 2.05) is 18.2 Å². The van der Waals surface area contributed by atoms with Crippen molar-refractivity contribution in [3.63, 3.8) is 0 Å². The molecule has 2 heterocycles. The van der Waals surface area contributed by atoms with Crippen LogP contribution in [0.25, 0.3) is 0 Å². The summed E-state index contributed by atoms with van der Waals surface area (Å²) >= 11 is 3.47. The molecule has 0 aliphatic carbocycles. The Hall–Kier alpha value is -0.910. The molecule has 0 spiro atoms. The van der Waals surface area contributed by atoms with Crippen LogP contribution in [0.1, 0.15) is 30.9 Å². The second-order valence-electron chi connectivity index (χ2n) is 5.51. The molecule has 1 unspecified atom stereocenters. The van der Waals surface area contributed by atoms with E-state index in [2.05, 4.69) is 31.5 Å². The predicted octanol–water partition coefficient (Wildman–Crippen LogP) is 2.52. The molecule has 20 heavy (non-hydrogen) atoms. The highest BCUT2D eigenvalue weighted by Gasteiger charge is 2.29. The summed E-state index contributed by atoms with van der Waals surface area (Å²) < 4.78 is 1.01. The zero-order chi connectivity index (χ0) is 13.9. The number of anilines is 1. The minimum atomic E-state index is -0.207. The third-order valence-corrected chi connectivity index (χ3v) is 4.54. The molecule has 0 bridgehead atoms. The lowest BCUT2D eigenvalue weighted by molar-refractivity contribution is -0.117. The monoisotopic (exact) mass is 337 g/mol. The first-order valence-electron chi connectivity index (χ1n) is 7.30. The highest BCUT2D eigenvalue weighted by atomic mass is 79.9.